The maximum absolute atomic E-state index is 12.8. The predicted octanol–water partition coefficient (Wildman–Crippen LogP) is 3.99. The third kappa shape index (κ3) is 6.07. The average molecular weight is 421 g/mol. The van der Waals surface area contributed by atoms with Crippen molar-refractivity contribution in [3.8, 4) is 0 Å². The number of rotatable bonds is 7. The lowest BCUT2D eigenvalue weighted by atomic mass is 9.92. The van der Waals surface area contributed by atoms with E-state index in [2.05, 4.69) is 50.9 Å². The van der Waals surface area contributed by atoms with Crippen LogP contribution in [0.25, 0.3) is 0 Å². The van der Waals surface area contributed by atoms with Crippen molar-refractivity contribution in [2.45, 2.75) is 45.6 Å². The smallest absolute Gasteiger partial charge is 0.222 e. The number of nitrogens with zero attached hydrogens (tertiary/aromatic N) is 4. The Labute approximate surface area is 187 Å². The zero-order valence-corrected chi connectivity index (χ0v) is 18.9. The van der Waals surface area contributed by atoms with Crippen molar-refractivity contribution in [1.29, 1.82) is 0 Å². The topological polar surface area (TPSA) is 39.7 Å². The molecule has 0 bridgehead atoms. The molecule has 2 aromatic rings. The molecule has 5 heteroatoms. The molecule has 31 heavy (non-hydrogen) atoms. The largest absolute Gasteiger partial charge is 0.353 e. The zero-order chi connectivity index (χ0) is 21.5. The molecule has 5 nitrogen and oxygen atoms in total. The van der Waals surface area contributed by atoms with Gasteiger partial charge in [-0.25, -0.2) is 4.98 Å². The van der Waals surface area contributed by atoms with Gasteiger partial charge in [0.25, 0.3) is 0 Å². The molecule has 1 aromatic carbocycles. The molecular formula is C26H36N4O. The van der Waals surface area contributed by atoms with E-state index in [1.54, 1.807) is 0 Å². The van der Waals surface area contributed by atoms with E-state index in [4.69, 9.17) is 0 Å². The van der Waals surface area contributed by atoms with Crippen LogP contribution < -0.4 is 4.90 Å². The Kier molecular flexibility index (Phi) is 7.57. The Morgan fingerprint density at radius 3 is 2.48 bits per heavy atom. The van der Waals surface area contributed by atoms with E-state index >= 15 is 0 Å². The third-order valence-corrected chi connectivity index (χ3v) is 6.81. The van der Waals surface area contributed by atoms with Crippen LogP contribution in [0.2, 0.25) is 0 Å². The molecule has 166 valence electrons. The Morgan fingerprint density at radius 2 is 1.77 bits per heavy atom. The number of carbonyl (C=O) groups excluding carboxylic acids is 1. The number of aromatic nitrogens is 1. The van der Waals surface area contributed by atoms with Crippen LogP contribution >= 0.6 is 0 Å². The highest BCUT2D eigenvalue weighted by Crippen LogP contribution is 2.23. The first-order valence-electron chi connectivity index (χ1n) is 11.9. The summed E-state index contributed by atoms with van der Waals surface area (Å²) in [6, 6.07) is 15.1. The number of pyridine rings is 1. The van der Waals surface area contributed by atoms with E-state index in [-0.39, 0.29) is 0 Å². The molecule has 2 fully saturated rings. The van der Waals surface area contributed by atoms with E-state index in [0.29, 0.717) is 18.2 Å². The number of aryl methyl sites for hydroxylation is 1. The Bertz CT molecular complexity index is 815. The molecule has 1 unspecified atom stereocenters. The van der Waals surface area contributed by atoms with E-state index in [9.17, 15) is 4.79 Å². The van der Waals surface area contributed by atoms with Crippen LogP contribution in [0.4, 0.5) is 5.82 Å². The second kappa shape index (κ2) is 10.8. The van der Waals surface area contributed by atoms with E-state index in [1.807, 2.05) is 24.4 Å². The van der Waals surface area contributed by atoms with Crippen LogP contribution in [0.15, 0.2) is 48.7 Å². The van der Waals surface area contributed by atoms with E-state index in [0.717, 1.165) is 57.9 Å². The normalized spacial score (nSPS) is 20.1. The van der Waals surface area contributed by atoms with Gasteiger partial charge in [0.2, 0.25) is 5.91 Å². The maximum atomic E-state index is 12.8. The predicted molar refractivity (Wildman–Crippen MR) is 126 cm³/mol. The summed E-state index contributed by atoms with van der Waals surface area (Å²) in [6.07, 6.45) is 7.14. The molecular weight excluding hydrogens is 384 g/mol. The fourth-order valence-corrected chi connectivity index (χ4v) is 4.88. The molecule has 0 spiro atoms. The molecule has 4 rings (SSSR count). The second-order valence-corrected chi connectivity index (χ2v) is 9.01. The summed E-state index contributed by atoms with van der Waals surface area (Å²) in [4.78, 5) is 24.1. The van der Waals surface area contributed by atoms with Crippen molar-refractivity contribution in [2.75, 3.05) is 44.2 Å². The summed E-state index contributed by atoms with van der Waals surface area (Å²) in [5.74, 6) is 1.98. The number of hydrogen-bond acceptors (Lipinski definition) is 4. The highest BCUT2D eigenvalue weighted by molar-refractivity contribution is 5.76. The van der Waals surface area contributed by atoms with Crippen molar-refractivity contribution < 1.29 is 4.79 Å². The molecule has 0 saturated carbocycles. The van der Waals surface area contributed by atoms with Crippen LogP contribution in [-0.2, 0) is 17.8 Å². The quantitative estimate of drug-likeness (QED) is 0.679. The molecule has 3 heterocycles. The minimum absolute atomic E-state index is 0.327. The lowest BCUT2D eigenvalue weighted by Gasteiger charge is -2.36. The van der Waals surface area contributed by atoms with Crippen LogP contribution in [0, 0.1) is 5.92 Å². The minimum atomic E-state index is 0.327. The highest BCUT2D eigenvalue weighted by atomic mass is 16.2. The molecule has 1 aromatic heterocycles. The number of anilines is 1. The SMILES string of the molecule is CCc1ccc(CN2CCCC(CCC(=O)N3CCN(c4ccccn4)CC3)C2)cc1. The summed E-state index contributed by atoms with van der Waals surface area (Å²) >= 11 is 0. The van der Waals surface area contributed by atoms with Crippen molar-refractivity contribution in [3.63, 3.8) is 0 Å². The molecule has 0 N–H and O–H groups in total. The first-order valence-corrected chi connectivity index (χ1v) is 11.9. The van der Waals surface area contributed by atoms with Crippen LogP contribution in [-0.4, -0.2) is 60.0 Å². The summed E-state index contributed by atoms with van der Waals surface area (Å²) in [5, 5.41) is 0. The van der Waals surface area contributed by atoms with Crippen LogP contribution in [0.5, 0.6) is 0 Å². The summed E-state index contributed by atoms with van der Waals surface area (Å²) in [5.41, 5.74) is 2.80. The number of hydrogen-bond donors (Lipinski definition) is 0. The number of piperazine rings is 1. The average Bonchev–Trinajstić information content (AvgIpc) is 2.84. The summed E-state index contributed by atoms with van der Waals surface area (Å²) < 4.78 is 0. The van der Waals surface area contributed by atoms with Gasteiger partial charge in [0.1, 0.15) is 5.82 Å². The number of carbonyl (C=O) groups is 1. The van der Waals surface area contributed by atoms with Gasteiger partial charge in [0.15, 0.2) is 0 Å². The Morgan fingerprint density at radius 1 is 1.00 bits per heavy atom. The Hall–Kier alpha value is -2.40. The van der Waals surface area contributed by atoms with E-state index < -0.39 is 0 Å². The summed E-state index contributed by atoms with van der Waals surface area (Å²) in [6.45, 7) is 8.88. The minimum Gasteiger partial charge on any atom is -0.353 e. The van der Waals surface area contributed by atoms with Gasteiger partial charge in [-0.3, -0.25) is 9.69 Å². The number of piperidine rings is 1. The molecule has 0 radical (unpaired) electrons. The number of benzene rings is 1. The van der Waals surface area contributed by atoms with E-state index in [1.165, 1.54) is 30.5 Å². The number of amides is 1. The van der Waals surface area contributed by atoms with Gasteiger partial charge in [0, 0.05) is 51.9 Å². The molecule has 1 atom stereocenters. The fourth-order valence-electron chi connectivity index (χ4n) is 4.88. The van der Waals surface area contributed by atoms with Gasteiger partial charge >= 0.3 is 0 Å². The first-order chi connectivity index (χ1) is 15.2. The van der Waals surface area contributed by atoms with Gasteiger partial charge in [-0.05, 0) is 61.4 Å². The van der Waals surface area contributed by atoms with Gasteiger partial charge in [-0.15, -0.1) is 0 Å². The standard InChI is InChI=1S/C26H36N4O/c1-2-22-8-10-24(11-9-22)21-28-15-5-6-23(20-28)12-13-26(31)30-18-16-29(17-19-30)25-7-3-4-14-27-25/h3-4,7-11,14,23H,2,5-6,12-13,15-21H2,1H3. The molecule has 2 saturated heterocycles. The van der Waals surface area contributed by atoms with Crippen molar-refractivity contribution >= 4 is 11.7 Å². The summed E-state index contributed by atoms with van der Waals surface area (Å²) in [7, 11) is 0. The molecule has 0 aliphatic carbocycles. The Balaban J connectivity index is 1.19. The number of likely N-dealkylation sites (tertiary alicyclic amines) is 1. The van der Waals surface area contributed by atoms with Gasteiger partial charge in [0.05, 0.1) is 0 Å². The monoisotopic (exact) mass is 420 g/mol. The lowest BCUT2D eigenvalue weighted by Crippen LogP contribution is -2.49. The van der Waals surface area contributed by atoms with Gasteiger partial charge in [-0.1, -0.05) is 37.3 Å². The molecule has 2 aliphatic heterocycles. The van der Waals surface area contributed by atoms with Crippen molar-refractivity contribution in [2.24, 2.45) is 5.92 Å². The van der Waals surface area contributed by atoms with Gasteiger partial charge in [-0.2, -0.15) is 0 Å². The first kappa shape index (κ1) is 21.8. The molecule has 1 amide bonds. The molecule has 2 aliphatic rings. The second-order valence-electron chi connectivity index (χ2n) is 9.01. The fraction of sp³-hybridized carbons (Fsp3) is 0.538. The third-order valence-electron chi connectivity index (χ3n) is 6.81. The maximum Gasteiger partial charge on any atom is 0.222 e. The van der Waals surface area contributed by atoms with Crippen molar-refractivity contribution in [1.82, 2.24) is 14.8 Å². The van der Waals surface area contributed by atoms with Crippen LogP contribution in [0.3, 0.4) is 0 Å². The highest BCUT2D eigenvalue weighted by Gasteiger charge is 2.24. The van der Waals surface area contributed by atoms with Crippen molar-refractivity contribution in [3.05, 3.63) is 59.8 Å². The van der Waals surface area contributed by atoms with Crippen LogP contribution in [0.1, 0.15) is 43.7 Å². The zero-order valence-electron chi connectivity index (χ0n) is 18.9. The van der Waals surface area contributed by atoms with Gasteiger partial charge < -0.3 is 9.80 Å². The lowest BCUT2D eigenvalue weighted by molar-refractivity contribution is -0.131.